The van der Waals surface area contributed by atoms with Gasteiger partial charge in [-0.25, -0.2) is 15.0 Å². The molecule has 2 atom stereocenters. The molecule has 0 radical (unpaired) electrons. The molecule has 0 spiro atoms. The van der Waals surface area contributed by atoms with E-state index in [4.69, 9.17) is 0 Å². The molecule has 33 heavy (non-hydrogen) atoms. The van der Waals surface area contributed by atoms with Gasteiger partial charge < -0.3 is 10.2 Å². The monoisotopic (exact) mass is 467 g/mol. The number of nitrogens with one attached hydrogen (secondary N) is 3. The highest BCUT2D eigenvalue weighted by molar-refractivity contribution is 5.84. The van der Waals surface area contributed by atoms with E-state index in [9.17, 15) is 19.6 Å². The Morgan fingerprint density at radius 3 is 2.45 bits per heavy atom. The van der Waals surface area contributed by atoms with Gasteiger partial charge in [-0.1, -0.05) is 32.6 Å². The average molecular weight is 468 g/mol. The molecule has 0 aliphatic heterocycles. The number of hydroxylamine groups is 2. The van der Waals surface area contributed by atoms with Gasteiger partial charge in [0.25, 0.3) is 0 Å². The summed E-state index contributed by atoms with van der Waals surface area (Å²) in [6, 6.07) is -0.730. The van der Waals surface area contributed by atoms with Gasteiger partial charge in [-0.3, -0.25) is 30.4 Å². The van der Waals surface area contributed by atoms with Crippen molar-refractivity contribution in [3.05, 3.63) is 11.6 Å². The van der Waals surface area contributed by atoms with Gasteiger partial charge in [0, 0.05) is 20.5 Å². The van der Waals surface area contributed by atoms with E-state index < -0.39 is 23.7 Å². The molecule has 0 saturated heterocycles. The second-order valence-corrected chi connectivity index (χ2v) is 8.53. The van der Waals surface area contributed by atoms with Crippen molar-refractivity contribution >= 4 is 29.9 Å². The van der Waals surface area contributed by atoms with Crippen LogP contribution in [0.15, 0.2) is 0 Å². The van der Waals surface area contributed by atoms with Crippen molar-refractivity contribution in [2.75, 3.05) is 31.4 Å². The molecule has 1 aliphatic rings. The van der Waals surface area contributed by atoms with Crippen molar-refractivity contribution in [2.45, 2.75) is 58.4 Å². The Bertz CT molecular complexity index is 833. The Morgan fingerprint density at radius 2 is 1.88 bits per heavy atom. The van der Waals surface area contributed by atoms with E-state index >= 15 is 4.39 Å². The number of hydrazine groups is 1. The first kappa shape index (κ1) is 26.2. The lowest BCUT2D eigenvalue weighted by molar-refractivity contribution is -0.154. The first-order valence-corrected chi connectivity index (χ1v) is 11.2. The normalized spacial score (nSPS) is 15.5. The average Bonchev–Trinajstić information content (AvgIpc) is 3.31. The lowest BCUT2D eigenvalue weighted by Crippen LogP contribution is -2.41. The first-order valence-electron chi connectivity index (χ1n) is 11.2. The predicted molar refractivity (Wildman–Crippen MR) is 120 cm³/mol. The van der Waals surface area contributed by atoms with Gasteiger partial charge >= 0.3 is 0 Å². The third kappa shape index (κ3) is 7.52. The summed E-state index contributed by atoms with van der Waals surface area (Å²) in [5.41, 5.74) is 4.94. The number of nitrogens with zero attached hydrogens (tertiary/aromatic N) is 4. The number of anilines is 2. The Kier molecular flexibility index (Phi) is 9.76. The summed E-state index contributed by atoms with van der Waals surface area (Å²) in [5, 5.41) is 12.8. The number of carbonyl (C=O) groups is 3. The molecule has 1 aromatic heterocycles. The van der Waals surface area contributed by atoms with E-state index in [2.05, 4.69) is 26.1 Å². The summed E-state index contributed by atoms with van der Waals surface area (Å²) in [6.07, 6.45) is 5.30. The number of hydrogen-bond acceptors (Lipinski definition) is 8. The van der Waals surface area contributed by atoms with Gasteiger partial charge in [0.1, 0.15) is 11.9 Å². The second-order valence-electron chi connectivity index (χ2n) is 8.53. The van der Waals surface area contributed by atoms with Crippen LogP contribution < -0.4 is 16.2 Å². The standard InChI is InChI=1S/C21H34FN7O4/c1-5-16-24-18(23-13(2)21(32)28(3)4)17(22)19(25-16)26-27-20(31)15(11-29(33)12-30)10-14-8-6-7-9-14/h12-15,33H,5-11H2,1-4H3,(H,27,31)(H2,23,24,25,26)/t13-,15-/m1/s1. The summed E-state index contributed by atoms with van der Waals surface area (Å²) in [4.78, 5) is 45.3. The van der Waals surface area contributed by atoms with Crippen LogP contribution in [0, 0.1) is 17.7 Å². The van der Waals surface area contributed by atoms with Gasteiger partial charge in [-0.15, -0.1) is 0 Å². The smallest absolute Gasteiger partial charge is 0.244 e. The SMILES string of the molecule is CCc1nc(NNC(=O)[C@H](CC2CCCC2)CN(O)C=O)c(F)c(N[C@H](C)C(=O)N(C)C)n1. The molecular weight excluding hydrogens is 433 g/mol. The number of carbonyl (C=O) groups excluding carboxylic acids is 3. The fourth-order valence-electron chi connectivity index (χ4n) is 3.89. The number of aryl methyl sites for hydroxylation is 1. The van der Waals surface area contributed by atoms with Crippen LogP contribution >= 0.6 is 0 Å². The van der Waals surface area contributed by atoms with E-state index in [1.807, 2.05) is 0 Å². The van der Waals surface area contributed by atoms with Gasteiger partial charge in [0.2, 0.25) is 24.0 Å². The van der Waals surface area contributed by atoms with Gasteiger partial charge in [0.05, 0.1) is 12.5 Å². The quantitative estimate of drug-likeness (QED) is 0.206. The number of halogens is 1. The third-order valence-corrected chi connectivity index (χ3v) is 5.67. The minimum Gasteiger partial charge on any atom is -0.356 e. The third-order valence-electron chi connectivity index (χ3n) is 5.67. The molecule has 3 amide bonds. The summed E-state index contributed by atoms with van der Waals surface area (Å²) < 4.78 is 15.0. The highest BCUT2D eigenvalue weighted by atomic mass is 19.1. The van der Waals surface area contributed by atoms with Crippen LogP contribution in [0.25, 0.3) is 0 Å². The number of rotatable bonds is 12. The molecule has 0 unspecified atom stereocenters. The summed E-state index contributed by atoms with van der Waals surface area (Å²) >= 11 is 0. The molecule has 0 bridgehead atoms. The summed E-state index contributed by atoms with van der Waals surface area (Å²) in [7, 11) is 3.19. The number of amides is 3. The van der Waals surface area contributed by atoms with E-state index in [0.717, 1.165) is 25.7 Å². The molecule has 0 aromatic carbocycles. The molecule has 1 heterocycles. The fraction of sp³-hybridized carbons (Fsp3) is 0.667. The minimum absolute atomic E-state index is 0.161. The molecule has 2 rings (SSSR count). The molecule has 11 nitrogen and oxygen atoms in total. The number of hydrogen-bond donors (Lipinski definition) is 4. The topological polar surface area (TPSA) is 140 Å². The molecule has 1 aliphatic carbocycles. The van der Waals surface area contributed by atoms with Gasteiger partial charge in [-0.05, 0) is 19.3 Å². The van der Waals surface area contributed by atoms with E-state index in [-0.39, 0.29) is 30.5 Å². The summed E-state index contributed by atoms with van der Waals surface area (Å²) in [6.45, 7) is 3.21. The Labute approximate surface area is 193 Å². The van der Waals surface area contributed by atoms with E-state index in [1.165, 1.54) is 4.90 Å². The Balaban J connectivity index is 2.14. The molecule has 12 heteroatoms. The Morgan fingerprint density at radius 1 is 1.24 bits per heavy atom. The van der Waals surface area contributed by atoms with E-state index in [0.29, 0.717) is 29.6 Å². The van der Waals surface area contributed by atoms with Crippen LogP contribution in [0.5, 0.6) is 0 Å². The zero-order valence-corrected chi connectivity index (χ0v) is 19.6. The maximum absolute atomic E-state index is 15.0. The molecular formula is C21H34FN7O4. The van der Waals surface area contributed by atoms with Crippen LogP contribution in [-0.4, -0.2) is 70.0 Å². The van der Waals surface area contributed by atoms with Crippen LogP contribution in [-0.2, 0) is 20.8 Å². The van der Waals surface area contributed by atoms with Crippen molar-refractivity contribution in [3.8, 4) is 0 Å². The van der Waals surface area contributed by atoms with E-state index in [1.54, 1.807) is 27.9 Å². The molecule has 1 aromatic rings. The zero-order chi connectivity index (χ0) is 24.5. The van der Waals surface area contributed by atoms with Crippen molar-refractivity contribution < 1.29 is 24.0 Å². The van der Waals surface area contributed by atoms with Crippen LogP contribution in [0.4, 0.5) is 16.0 Å². The lowest BCUT2D eigenvalue weighted by Gasteiger charge is -2.23. The summed E-state index contributed by atoms with van der Waals surface area (Å²) in [5.74, 6) is -2.06. The lowest BCUT2D eigenvalue weighted by atomic mass is 9.92. The van der Waals surface area contributed by atoms with Crippen molar-refractivity contribution in [1.82, 2.24) is 25.4 Å². The van der Waals surface area contributed by atoms with Crippen LogP contribution in [0.3, 0.4) is 0 Å². The van der Waals surface area contributed by atoms with Crippen LogP contribution in [0.2, 0.25) is 0 Å². The predicted octanol–water partition coefficient (Wildman–Crippen LogP) is 1.55. The fourth-order valence-corrected chi connectivity index (χ4v) is 3.89. The highest BCUT2D eigenvalue weighted by Gasteiger charge is 2.27. The maximum atomic E-state index is 15.0. The number of likely N-dealkylation sites (N-methyl/N-ethyl adjacent to an activating group) is 1. The highest BCUT2D eigenvalue weighted by Crippen LogP contribution is 2.30. The van der Waals surface area contributed by atoms with Crippen molar-refractivity contribution in [3.63, 3.8) is 0 Å². The van der Waals surface area contributed by atoms with Crippen molar-refractivity contribution in [2.24, 2.45) is 11.8 Å². The Hall–Kier alpha value is -3.02. The number of aromatic nitrogens is 2. The molecule has 1 saturated carbocycles. The van der Waals surface area contributed by atoms with Crippen molar-refractivity contribution in [1.29, 1.82) is 0 Å². The van der Waals surface area contributed by atoms with Crippen LogP contribution in [0.1, 0.15) is 51.8 Å². The largest absolute Gasteiger partial charge is 0.356 e. The maximum Gasteiger partial charge on any atom is 0.244 e. The second kappa shape index (κ2) is 12.3. The minimum atomic E-state index is -0.852. The van der Waals surface area contributed by atoms with Gasteiger partial charge in [-0.2, -0.15) is 4.39 Å². The molecule has 184 valence electrons. The first-order chi connectivity index (χ1) is 15.7. The molecule has 1 fully saturated rings. The molecule has 4 N–H and O–H groups in total. The zero-order valence-electron chi connectivity index (χ0n) is 19.6. The van der Waals surface area contributed by atoms with Gasteiger partial charge in [0.15, 0.2) is 11.6 Å².